The number of nitrogens with two attached hydrogens (primary N) is 1. The van der Waals surface area contributed by atoms with Gasteiger partial charge in [-0.2, -0.15) is 0 Å². The van der Waals surface area contributed by atoms with Crippen molar-refractivity contribution in [2.75, 3.05) is 0 Å². The van der Waals surface area contributed by atoms with Crippen LogP contribution in [0.3, 0.4) is 0 Å². The predicted molar refractivity (Wildman–Crippen MR) is 39.9 cm³/mol. The van der Waals surface area contributed by atoms with E-state index in [9.17, 15) is 4.79 Å². The summed E-state index contributed by atoms with van der Waals surface area (Å²) in [4.78, 5) is 10.7. The third-order valence-corrected chi connectivity index (χ3v) is 3.28. The lowest BCUT2D eigenvalue weighted by molar-refractivity contribution is -0.151. The smallest absolute Gasteiger partial charge is 0.308 e. The maximum Gasteiger partial charge on any atom is 0.308 e. The van der Waals surface area contributed by atoms with Crippen molar-refractivity contribution in [2.45, 2.75) is 25.3 Å². The molecule has 4 unspecified atom stereocenters. The summed E-state index contributed by atoms with van der Waals surface area (Å²) in [6.07, 6.45) is 3.40. The van der Waals surface area contributed by atoms with Crippen molar-refractivity contribution in [3.8, 4) is 0 Å². The first-order chi connectivity index (χ1) is 5.22. The minimum absolute atomic E-state index is 0.0556. The van der Waals surface area contributed by atoms with Gasteiger partial charge in [0.25, 0.3) is 0 Å². The Hall–Kier alpha value is -0.570. The highest BCUT2D eigenvalue weighted by Gasteiger charge is 2.53. The van der Waals surface area contributed by atoms with E-state index >= 15 is 0 Å². The molecule has 2 rings (SSSR count). The molecule has 3 heteroatoms. The van der Waals surface area contributed by atoms with Crippen LogP contribution in [-0.2, 0) is 4.79 Å². The van der Waals surface area contributed by atoms with E-state index in [1.54, 1.807) is 0 Å². The second-order valence-electron chi connectivity index (χ2n) is 3.70. The van der Waals surface area contributed by atoms with Gasteiger partial charge in [-0.15, -0.1) is 0 Å². The molecule has 2 aliphatic carbocycles. The van der Waals surface area contributed by atoms with Crippen LogP contribution in [0.2, 0.25) is 0 Å². The van der Waals surface area contributed by atoms with Crippen molar-refractivity contribution in [1.29, 1.82) is 0 Å². The van der Waals surface area contributed by atoms with Crippen molar-refractivity contribution in [2.24, 2.45) is 23.5 Å². The maximum absolute atomic E-state index is 10.7. The van der Waals surface area contributed by atoms with Crippen LogP contribution < -0.4 is 5.73 Å². The summed E-state index contributed by atoms with van der Waals surface area (Å²) in [6, 6.07) is -0.0556. The summed E-state index contributed by atoms with van der Waals surface area (Å²) < 4.78 is 0. The van der Waals surface area contributed by atoms with Gasteiger partial charge >= 0.3 is 5.97 Å². The Kier molecular flexibility index (Phi) is 1.42. The van der Waals surface area contributed by atoms with Gasteiger partial charge in [0.15, 0.2) is 0 Å². The zero-order valence-corrected chi connectivity index (χ0v) is 6.36. The molecule has 62 valence electrons. The van der Waals surface area contributed by atoms with E-state index in [2.05, 4.69) is 0 Å². The molecule has 0 aromatic heterocycles. The van der Waals surface area contributed by atoms with E-state index in [1.165, 1.54) is 6.42 Å². The Bertz CT molecular complexity index is 193. The molecule has 0 aromatic rings. The van der Waals surface area contributed by atoms with Crippen LogP contribution in [0.25, 0.3) is 0 Å². The molecule has 11 heavy (non-hydrogen) atoms. The molecule has 2 aliphatic rings. The molecule has 0 saturated heterocycles. The molecule has 3 nitrogen and oxygen atoms in total. The van der Waals surface area contributed by atoms with Gasteiger partial charge in [0.2, 0.25) is 0 Å². The van der Waals surface area contributed by atoms with Gasteiger partial charge in [0.05, 0.1) is 5.92 Å². The Labute approximate surface area is 65.6 Å². The van der Waals surface area contributed by atoms with Gasteiger partial charge in [-0.3, -0.25) is 4.79 Å². The second kappa shape index (κ2) is 2.21. The van der Waals surface area contributed by atoms with E-state index < -0.39 is 5.97 Å². The molecule has 4 atom stereocenters. The number of aliphatic carboxylic acids is 1. The largest absolute Gasteiger partial charge is 0.481 e. The minimum Gasteiger partial charge on any atom is -0.481 e. The van der Waals surface area contributed by atoms with Crippen LogP contribution in [0.15, 0.2) is 0 Å². The zero-order valence-electron chi connectivity index (χ0n) is 6.36. The van der Waals surface area contributed by atoms with Crippen molar-refractivity contribution in [1.82, 2.24) is 0 Å². The second-order valence-corrected chi connectivity index (χ2v) is 3.70. The molecule has 3 N–H and O–H groups in total. The lowest BCUT2D eigenvalue weighted by atomic mass is 9.63. The van der Waals surface area contributed by atoms with Gasteiger partial charge in [-0.25, -0.2) is 0 Å². The normalized spacial score (nSPS) is 48.1. The van der Waals surface area contributed by atoms with Crippen LogP contribution in [-0.4, -0.2) is 17.1 Å². The van der Waals surface area contributed by atoms with Crippen LogP contribution in [0.4, 0.5) is 0 Å². The van der Waals surface area contributed by atoms with E-state index in [-0.39, 0.29) is 12.0 Å². The average molecular weight is 155 g/mol. The Balaban J connectivity index is 2.09. The highest BCUT2D eigenvalue weighted by atomic mass is 16.4. The van der Waals surface area contributed by atoms with Crippen LogP contribution in [0.1, 0.15) is 19.3 Å². The summed E-state index contributed by atoms with van der Waals surface area (Å²) in [5, 5.41) is 8.77. The highest BCUT2D eigenvalue weighted by molar-refractivity contribution is 5.73. The van der Waals surface area contributed by atoms with Crippen molar-refractivity contribution in [3.05, 3.63) is 0 Å². The Morgan fingerprint density at radius 3 is 2.64 bits per heavy atom. The van der Waals surface area contributed by atoms with Gasteiger partial charge in [0.1, 0.15) is 0 Å². The molecule has 2 fully saturated rings. The van der Waals surface area contributed by atoms with Crippen molar-refractivity contribution in [3.63, 3.8) is 0 Å². The summed E-state index contributed by atoms with van der Waals surface area (Å²) in [5.74, 6) is 0.00162. The molecule has 0 heterocycles. The molecule has 2 saturated carbocycles. The molecule has 0 aromatic carbocycles. The number of fused-ring (bicyclic) bond motifs is 1. The van der Waals surface area contributed by atoms with E-state index in [1.807, 2.05) is 0 Å². The predicted octanol–water partition coefficient (Wildman–Crippen LogP) is 0.444. The lowest BCUT2D eigenvalue weighted by Crippen LogP contribution is -2.57. The fraction of sp³-hybridized carbons (Fsp3) is 0.875. The summed E-state index contributed by atoms with van der Waals surface area (Å²) in [5.41, 5.74) is 5.73. The quantitative estimate of drug-likeness (QED) is 0.577. The maximum atomic E-state index is 10.7. The van der Waals surface area contributed by atoms with E-state index in [4.69, 9.17) is 10.8 Å². The van der Waals surface area contributed by atoms with Gasteiger partial charge in [0, 0.05) is 6.04 Å². The first-order valence-corrected chi connectivity index (χ1v) is 4.20. The number of hydrogen-bond donors (Lipinski definition) is 2. The number of rotatable bonds is 1. The molecule has 0 aliphatic heterocycles. The van der Waals surface area contributed by atoms with Gasteiger partial charge in [-0.1, -0.05) is 6.42 Å². The van der Waals surface area contributed by atoms with Crippen LogP contribution in [0.5, 0.6) is 0 Å². The van der Waals surface area contributed by atoms with Gasteiger partial charge < -0.3 is 10.8 Å². The number of carbonyl (C=O) groups is 1. The standard InChI is InChI=1S/C8H13NO2/c9-7-5-3-1-2-4(5)6(7)8(10)11/h4-7H,1-3,9H2,(H,10,11). The van der Waals surface area contributed by atoms with Gasteiger partial charge in [-0.05, 0) is 24.7 Å². The monoisotopic (exact) mass is 155 g/mol. The van der Waals surface area contributed by atoms with E-state index in [0.29, 0.717) is 11.8 Å². The molecule has 0 bridgehead atoms. The Morgan fingerprint density at radius 1 is 1.36 bits per heavy atom. The topological polar surface area (TPSA) is 63.3 Å². The first-order valence-electron chi connectivity index (χ1n) is 4.20. The number of hydrogen-bond acceptors (Lipinski definition) is 2. The first kappa shape index (κ1) is 7.10. The third kappa shape index (κ3) is 0.805. The third-order valence-electron chi connectivity index (χ3n) is 3.28. The number of carboxylic acid groups (broad SMARTS) is 1. The fourth-order valence-electron chi connectivity index (χ4n) is 2.70. The summed E-state index contributed by atoms with van der Waals surface area (Å²) >= 11 is 0. The molecular formula is C8H13NO2. The van der Waals surface area contributed by atoms with Crippen LogP contribution >= 0.6 is 0 Å². The zero-order chi connectivity index (χ0) is 8.01. The average Bonchev–Trinajstić information content (AvgIpc) is 2.30. The molecular weight excluding hydrogens is 142 g/mol. The minimum atomic E-state index is -0.694. The number of carboxylic acids is 1. The van der Waals surface area contributed by atoms with Crippen LogP contribution in [0, 0.1) is 17.8 Å². The SMILES string of the molecule is NC1C2CCCC2C1C(=O)O. The van der Waals surface area contributed by atoms with E-state index in [0.717, 1.165) is 12.8 Å². The summed E-state index contributed by atoms with van der Waals surface area (Å²) in [7, 11) is 0. The highest BCUT2D eigenvalue weighted by Crippen LogP contribution is 2.50. The molecule has 0 radical (unpaired) electrons. The summed E-state index contributed by atoms with van der Waals surface area (Å²) in [6.45, 7) is 0. The fourth-order valence-corrected chi connectivity index (χ4v) is 2.70. The lowest BCUT2D eigenvalue weighted by Gasteiger charge is -2.44. The van der Waals surface area contributed by atoms with Crippen molar-refractivity contribution < 1.29 is 9.90 Å². The molecule has 0 amide bonds. The molecule has 0 spiro atoms. The Morgan fingerprint density at radius 2 is 2.00 bits per heavy atom. The van der Waals surface area contributed by atoms with Crippen molar-refractivity contribution >= 4 is 5.97 Å².